The van der Waals surface area contributed by atoms with Gasteiger partial charge in [0, 0.05) is 36.7 Å². The molecule has 0 saturated carbocycles. The van der Waals surface area contributed by atoms with Crippen LogP contribution >= 0.6 is 11.5 Å². The lowest BCUT2D eigenvalue weighted by Gasteiger charge is -2.39. The van der Waals surface area contributed by atoms with E-state index in [1.165, 1.54) is 16.5 Å². The minimum absolute atomic E-state index is 0.555. The Morgan fingerprint density at radius 2 is 2.57 bits per heavy atom. The molecule has 0 radical (unpaired) electrons. The zero-order chi connectivity index (χ0) is 9.97. The van der Waals surface area contributed by atoms with Crippen molar-refractivity contribution >= 4 is 16.5 Å². The summed E-state index contributed by atoms with van der Waals surface area (Å²) in [5.74, 6) is 0. The molecule has 0 bridgehead atoms. The van der Waals surface area contributed by atoms with Crippen molar-refractivity contribution in [3.63, 3.8) is 0 Å². The minimum atomic E-state index is 0.555. The molecule has 1 aliphatic heterocycles. The molecule has 4 nitrogen and oxygen atoms in total. The van der Waals surface area contributed by atoms with E-state index in [1.54, 1.807) is 0 Å². The summed E-state index contributed by atoms with van der Waals surface area (Å²) in [6, 6.07) is 1.15. The van der Waals surface area contributed by atoms with Gasteiger partial charge in [-0.25, -0.2) is 0 Å². The topological polar surface area (TPSA) is 41.0 Å². The third-order valence-electron chi connectivity index (χ3n) is 2.72. The van der Waals surface area contributed by atoms with Gasteiger partial charge in [0.1, 0.15) is 5.00 Å². The third kappa shape index (κ3) is 1.88. The van der Waals surface area contributed by atoms with Crippen LogP contribution in [0.1, 0.15) is 20.3 Å². The van der Waals surface area contributed by atoms with Gasteiger partial charge in [0.2, 0.25) is 0 Å². The highest BCUT2D eigenvalue weighted by Crippen LogP contribution is 2.23. The van der Waals surface area contributed by atoms with Crippen LogP contribution in [0.2, 0.25) is 0 Å². The Bertz CT molecular complexity index is 274. The van der Waals surface area contributed by atoms with Crippen LogP contribution in [-0.4, -0.2) is 34.8 Å². The summed E-state index contributed by atoms with van der Waals surface area (Å²) in [5, 5.41) is 8.59. The number of hydrogen-bond acceptors (Lipinski definition) is 5. The highest BCUT2D eigenvalue weighted by molar-refractivity contribution is 7.09. The molecule has 5 heteroatoms. The van der Waals surface area contributed by atoms with E-state index in [0.717, 1.165) is 19.5 Å². The smallest absolute Gasteiger partial charge is 0.133 e. The summed E-state index contributed by atoms with van der Waals surface area (Å²) in [7, 11) is 0. The van der Waals surface area contributed by atoms with Crippen molar-refractivity contribution in [1.82, 2.24) is 14.9 Å². The summed E-state index contributed by atoms with van der Waals surface area (Å²) in [6.45, 7) is 6.56. The average molecular weight is 212 g/mol. The zero-order valence-corrected chi connectivity index (χ0v) is 9.42. The second-order valence-corrected chi connectivity index (χ2v) is 4.54. The largest absolute Gasteiger partial charge is 0.355 e. The SMILES string of the molecule is CCC1CNC(C)CN1c1cnns1. The van der Waals surface area contributed by atoms with Crippen molar-refractivity contribution in [3.8, 4) is 0 Å². The fraction of sp³-hybridized carbons (Fsp3) is 0.778. The number of aromatic nitrogens is 2. The van der Waals surface area contributed by atoms with Crippen molar-refractivity contribution in [2.24, 2.45) is 0 Å². The molecule has 1 saturated heterocycles. The molecule has 1 aromatic heterocycles. The van der Waals surface area contributed by atoms with Gasteiger partial charge in [0.25, 0.3) is 0 Å². The zero-order valence-electron chi connectivity index (χ0n) is 8.60. The predicted octanol–water partition coefficient (Wildman–Crippen LogP) is 1.11. The Morgan fingerprint density at radius 3 is 3.21 bits per heavy atom. The summed E-state index contributed by atoms with van der Waals surface area (Å²) in [6.07, 6.45) is 3.03. The van der Waals surface area contributed by atoms with E-state index in [2.05, 4.69) is 33.7 Å². The average Bonchev–Trinajstić information content (AvgIpc) is 2.70. The van der Waals surface area contributed by atoms with E-state index in [9.17, 15) is 0 Å². The number of piperazine rings is 1. The van der Waals surface area contributed by atoms with Crippen LogP contribution in [0.5, 0.6) is 0 Å². The molecule has 2 atom stereocenters. The van der Waals surface area contributed by atoms with Crippen molar-refractivity contribution in [2.45, 2.75) is 32.4 Å². The molecule has 0 aromatic carbocycles. The lowest BCUT2D eigenvalue weighted by atomic mass is 10.1. The van der Waals surface area contributed by atoms with Gasteiger partial charge in [-0.3, -0.25) is 0 Å². The van der Waals surface area contributed by atoms with E-state index in [1.807, 2.05) is 6.20 Å². The molecule has 78 valence electrons. The molecule has 1 aromatic rings. The fourth-order valence-electron chi connectivity index (χ4n) is 1.88. The quantitative estimate of drug-likeness (QED) is 0.797. The van der Waals surface area contributed by atoms with Crippen molar-refractivity contribution < 1.29 is 0 Å². The maximum Gasteiger partial charge on any atom is 0.133 e. The van der Waals surface area contributed by atoms with Gasteiger partial charge in [0.15, 0.2) is 0 Å². The first-order chi connectivity index (χ1) is 6.81. The maximum absolute atomic E-state index is 3.92. The van der Waals surface area contributed by atoms with Crippen LogP contribution in [0.15, 0.2) is 6.20 Å². The molecule has 0 spiro atoms. The van der Waals surface area contributed by atoms with Crippen LogP contribution in [0.25, 0.3) is 0 Å². The maximum atomic E-state index is 3.92. The number of anilines is 1. The van der Waals surface area contributed by atoms with Crippen LogP contribution in [0.3, 0.4) is 0 Å². The number of nitrogens with one attached hydrogen (secondary N) is 1. The van der Waals surface area contributed by atoms with E-state index in [-0.39, 0.29) is 0 Å². The van der Waals surface area contributed by atoms with Crippen molar-refractivity contribution in [1.29, 1.82) is 0 Å². The molecule has 2 unspecified atom stereocenters. The first-order valence-electron chi connectivity index (χ1n) is 5.08. The van der Waals surface area contributed by atoms with Gasteiger partial charge >= 0.3 is 0 Å². The van der Waals surface area contributed by atoms with Crippen LogP contribution < -0.4 is 10.2 Å². The molecular weight excluding hydrogens is 196 g/mol. The normalized spacial score (nSPS) is 28.0. The van der Waals surface area contributed by atoms with E-state index < -0.39 is 0 Å². The first-order valence-corrected chi connectivity index (χ1v) is 5.86. The molecule has 0 aliphatic carbocycles. The number of nitrogens with zero attached hydrogens (tertiary/aromatic N) is 3. The van der Waals surface area contributed by atoms with Crippen LogP contribution in [-0.2, 0) is 0 Å². The summed E-state index contributed by atoms with van der Waals surface area (Å²) >= 11 is 1.49. The summed E-state index contributed by atoms with van der Waals surface area (Å²) in [5.41, 5.74) is 0. The standard InChI is InChI=1S/C9H16N4S/c1-3-8-4-10-7(2)6-13(8)9-5-11-12-14-9/h5,7-8,10H,3-4,6H2,1-2H3. The lowest BCUT2D eigenvalue weighted by Crippen LogP contribution is -2.55. The molecule has 2 rings (SSSR count). The Kier molecular flexibility index (Phi) is 2.98. The number of rotatable bonds is 2. The lowest BCUT2D eigenvalue weighted by molar-refractivity contribution is 0.404. The van der Waals surface area contributed by atoms with Gasteiger partial charge in [-0.15, -0.1) is 5.10 Å². The molecule has 1 aliphatic rings. The summed E-state index contributed by atoms with van der Waals surface area (Å²) in [4.78, 5) is 2.42. The highest BCUT2D eigenvalue weighted by Gasteiger charge is 2.25. The second kappa shape index (κ2) is 4.23. The Morgan fingerprint density at radius 1 is 1.71 bits per heavy atom. The van der Waals surface area contributed by atoms with E-state index >= 15 is 0 Å². The van der Waals surface area contributed by atoms with E-state index in [4.69, 9.17) is 0 Å². The molecule has 0 amide bonds. The molecule has 14 heavy (non-hydrogen) atoms. The van der Waals surface area contributed by atoms with Gasteiger partial charge in [0.05, 0.1) is 6.20 Å². The van der Waals surface area contributed by atoms with Crippen LogP contribution in [0.4, 0.5) is 5.00 Å². The fourth-order valence-corrected chi connectivity index (χ4v) is 2.48. The molecule has 1 N–H and O–H groups in total. The third-order valence-corrected chi connectivity index (χ3v) is 3.42. The highest BCUT2D eigenvalue weighted by atomic mass is 32.1. The molecule has 1 fully saturated rings. The van der Waals surface area contributed by atoms with Gasteiger partial charge in [-0.1, -0.05) is 11.4 Å². The first kappa shape index (κ1) is 9.86. The van der Waals surface area contributed by atoms with E-state index in [0.29, 0.717) is 12.1 Å². The van der Waals surface area contributed by atoms with Gasteiger partial charge < -0.3 is 10.2 Å². The Hall–Kier alpha value is -0.680. The predicted molar refractivity (Wildman–Crippen MR) is 58.8 cm³/mol. The summed E-state index contributed by atoms with van der Waals surface area (Å²) < 4.78 is 3.92. The van der Waals surface area contributed by atoms with Crippen molar-refractivity contribution in [2.75, 3.05) is 18.0 Å². The molecule has 2 heterocycles. The van der Waals surface area contributed by atoms with Gasteiger partial charge in [-0.2, -0.15) is 0 Å². The second-order valence-electron chi connectivity index (χ2n) is 3.78. The Balaban J connectivity index is 2.13. The Labute approximate surface area is 88.5 Å². The monoisotopic (exact) mass is 212 g/mol. The van der Waals surface area contributed by atoms with Crippen LogP contribution in [0, 0.1) is 0 Å². The van der Waals surface area contributed by atoms with Gasteiger partial charge in [-0.05, 0) is 13.3 Å². The molecular formula is C9H16N4S. The minimum Gasteiger partial charge on any atom is -0.355 e. The number of hydrogen-bond donors (Lipinski definition) is 1. The van der Waals surface area contributed by atoms with Crippen molar-refractivity contribution in [3.05, 3.63) is 6.20 Å².